The van der Waals surface area contributed by atoms with Crippen LogP contribution in [0.2, 0.25) is 0 Å². The second kappa shape index (κ2) is 51.7. The first-order chi connectivity index (χ1) is 55.1. The Bertz CT molecular complexity index is 3620. The maximum absolute atomic E-state index is 14.5. The largest absolute Gasteiger partial charge is 0.481 e. The minimum absolute atomic E-state index is 0.0186. The van der Waals surface area contributed by atoms with Crippen LogP contribution < -0.4 is 92.1 Å². The Labute approximate surface area is 688 Å². The molecule has 0 bridgehead atoms. The van der Waals surface area contributed by atoms with Crippen molar-refractivity contribution >= 4 is 137 Å². The van der Waals surface area contributed by atoms with Crippen molar-refractivity contribution in [1.29, 1.82) is 0 Å². The number of rotatable bonds is 53. The first kappa shape index (κ1) is 101. The molecule has 654 valence electrons. The van der Waals surface area contributed by atoms with E-state index in [0.717, 1.165) is 11.8 Å². The van der Waals surface area contributed by atoms with Crippen molar-refractivity contribution in [2.45, 2.75) is 236 Å². The highest BCUT2D eigenvalue weighted by molar-refractivity contribution is 7.98. The quantitative estimate of drug-likeness (QED) is 0.0213. The van der Waals surface area contributed by atoms with E-state index in [9.17, 15) is 101 Å². The van der Waals surface area contributed by atoms with Crippen molar-refractivity contribution in [3.05, 3.63) is 35.9 Å². The molecule has 41 nitrogen and oxygen atoms in total. The molecule has 2 heterocycles. The van der Waals surface area contributed by atoms with Gasteiger partial charge in [0, 0.05) is 38.1 Å². The average molecular weight is 1690 g/mol. The molecule has 2 aliphatic heterocycles. The number of thioether (sulfide) groups is 1. The summed E-state index contributed by atoms with van der Waals surface area (Å²) in [6.07, 6.45) is -1.31. The van der Waals surface area contributed by atoms with E-state index in [4.69, 9.17) is 28.0 Å². The summed E-state index contributed by atoms with van der Waals surface area (Å²) in [4.78, 5) is 258. The second-order valence-electron chi connectivity index (χ2n) is 29.9. The van der Waals surface area contributed by atoms with Gasteiger partial charge in [-0.1, -0.05) is 71.9 Å². The lowest BCUT2D eigenvalue weighted by Gasteiger charge is -2.31. The number of carboxylic acids is 2. The van der Waals surface area contributed by atoms with Crippen LogP contribution in [0.5, 0.6) is 0 Å². The molecule has 2 saturated heterocycles. The predicted octanol–water partition coefficient (Wildman–Crippen LogP) is -6.23. The number of carbonyl (C=O) groups is 19. The van der Waals surface area contributed by atoms with Crippen molar-refractivity contribution in [2.75, 3.05) is 57.0 Å². The lowest BCUT2D eigenvalue weighted by atomic mass is 9.98. The Kier molecular flexibility index (Phi) is 44.6. The summed E-state index contributed by atoms with van der Waals surface area (Å²) in [7, 11) is 0. The second-order valence-corrected chi connectivity index (χ2v) is 31.3. The number of carboxylic acid groups (broad SMARTS) is 2. The van der Waals surface area contributed by atoms with E-state index < -0.39 is 260 Å². The summed E-state index contributed by atoms with van der Waals surface area (Å²) < 4.78 is 0. The van der Waals surface area contributed by atoms with E-state index in [0.29, 0.717) is 30.6 Å². The van der Waals surface area contributed by atoms with Crippen LogP contribution in [0, 0.1) is 17.8 Å². The Balaban J connectivity index is 1.81. The van der Waals surface area contributed by atoms with Gasteiger partial charge < -0.3 is 117 Å². The monoisotopic (exact) mass is 1690 g/mol. The molecule has 2 fully saturated rings. The van der Waals surface area contributed by atoms with Crippen LogP contribution in [0.1, 0.15) is 150 Å². The summed E-state index contributed by atoms with van der Waals surface area (Å²) in [6, 6.07) is -9.85. The zero-order chi connectivity index (χ0) is 87.9. The molecule has 17 amide bonds. The third-order valence-electron chi connectivity index (χ3n) is 18.8. The van der Waals surface area contributed by atoms with Crippen LogP contribution in [0.4, 0.5) is 0 Å². The number of hydrogen-bond acceptors (Lipinski definition) is 24. The van der Waals surface area contributed by atoms with Gasteiger partial charge in [0.25, 0.3) is 0 Å². The van der Waals surface area contributed by atoms with E-state index in [2.05, 4.69) is 76.4 Å². The van der Waals surface area contributed by atoms with Gasteiger partial charge in [-0.25, -0.2) is 0 Å². The number of hydrogen-bond donors (Lipinski definition) is 21. The SMILES string of the molecule is CSCC[C@H](N)C(=O)N[C@@H](Cc1ccccc1)C(=O)N1CCC[C@H]1C(=O)NCC(=O)N[C@@H](CCC(=O)O)C(=O)N[C@H](C(=O)N[C@@H](CS)C(=O)N1CCC[C@H]1C(=O)N[C@@H](CCCCN)C(=O)N[C@@H](CCC(N)=O)C(=O)N[C@@H](CC(C)C)C(=O)N[C@@H](CC(C)C)C(=O)N[C@H](C(=O)N[C@@H](CC(N)=O)C(=O)NCC(=O)NCC(=O)O)C(C)C)[C@@H](C)O. The minimum Gasteiger partial charge on any atom is -0.481 e. The van der Waals surface area contributed by atoms with Gasteiger partial charge in [-0.2, -0.15) is 24.4 Å². The van der Waals surface area contributed by atoms with Crippen LogP contribution in [-0.4, -0.2) is 279 Å². The number of unbranched alkanes of at least 4 members (excludes halogenated alkanes) is 1. The summed E-state index contributed by atoms with van der Waals surface area (Å²) in [5.74, 6) is -19.6. The zero-order valence-corrected chi connectivity index (χ0v) is 69.0. The predicted molar refractivity (Wildman–Crippen MR) is 428 cm³/mol. The number of nitrogens with zero attached hydrogens (tertiary/aromatic N) is 2. The lowest BCUT2D eigenvalue weighted by Crippen LogP contribution is -2.62. The van der Waals surface area contributed by atoms with Crippen LogP contribution in [0.25, 0.3) is 0 Å². The number of amides is 17. The first-order valence-corrected chi connectivity index (χ1v) is 40.9. The minimum atomic E-state index is -1.90. The van der Waals surface area contributed by atoms with E-state index >= 15 is 0 Å². The Morgan fingerprint density at radius 1 is 0.487 bits per heavy atom. The van der Waals surface area contributed by atoms with Gasteiger partial charge in [-0.15, -0.1) is 0 Å². The van der Waals surface area contributed by atoms with Gasteiger partial charge >= 0.3 is 11.9 Å². The highest BCUT2D eigenvalue weighted by Crippen LogP contribution is 2.23. The average Bonchev–Trinajstić information content (AvgIpc) is 1.61. The summed E-state index contributed by atoms with van der Waals surface area (Å²) in [5, 5.41) is 61.2. The van der Waals surface area contributed by atoms with Crippen molar-refractivity contribution < 1.29 is 106 Å². The number of carbonyl (C=O) groups excluding carboxylic acids is 17. The third-order valence-corrected chi connectivity index (χ3v) is 19.9. The number of benzene rings is 1. The van der Waals surface area contributed by atoms with Gasteiger partial charge in [-0.3, -0.25) is 91.1 Å². The van der Waals surface area contributed by atoms with Crippen molar-refractivity contribution in [1.82, 2.24) is 78.9 Å². The van der Waals surface area contributed by atoms with Crippen LogP contribution in [0.15, 0.2) is 30.3 Å². The molecule has 0 aromatic heterocycles. The summed E-state index contributed by atoms with van der Waals surface area (Å²) in [6.45, 7) is 8.95. The van der Waals surface area contributed by atoms with Crippen molar-refractivity contribution in [2.24, 2.45) is 40.7 Å². The molecule has 0 aliphatic carbocycles. The van der Waals surface area contributed by atoms with Gasteiger partial charge in [0.05, 0.1) is 31.7 Å². The fraction of sp³-hybridized carbons (Fsp3) is 0.662. The van der Waals surface area contributed by atoms with Gasteiger partial charge in [-0.05, 0) is 126 Å². The number of primary amides is 2. The maximum Gasteiger partial charge on any atom is 0.322 e. The highest BCUT2D eigenvalue weighted by Gasteiger charge is 2.43. The molecule has 0 saturated carbocycles. The van der Waals surface area contributed by atoms with Crippen LogP contribution >= 0.6 is 24.4 Å². The van der Waals surface area contributed by atoms with Gasteiger partial charge in [0.15, 0.2) is 0 Å². The Morgan fingerprint density at radius 3 is 1.49 bits per heavy atom. The molecule has 2 aliphatic rings. The number of aliphatic carboxylic acids is 2. The first-order valence-electron chi connectivity index (χ1n) is 38.9. The van der Waals surface area contributed by atoms with E-state index in [-0.39, 0.29) is 82.8 Å². The molecule has 14 atom stereocenters. The van der Waals surface area contributed by atoms with Crippen molar-refractivity contribution in [3.63, 3.8) is 0 Å². The Hall–Kier alpha value is -10.3. The molecule has 24 N–H and O–H groups in total. The molecular weight excluding hydrogens is 1570 g/mol. The van der Waals surface area contributed by atoms with Gasteiger partial charge in [0.2, 0.25) is 100 Å². The number of likely N-dealkylation sites (tertiary alicyclic amines) is 2. The maximum atomic E-state index is 14.5. The molecule has 1 aromatic carbocycles. The van der Waals surface area contributed by atoms with Crippen molar-refractivity contribution in [3.8, 4) is 0 Å². The normalized spacial score (nSPS) is 16.9. The fourth-order valence-corrected chi connectivity index (χ4v) is 13.4. The molecule has 0 unspecified atom stereocenters. The molecule has 1 aromatic rings. The molecule has 43 heteroatoms. The fourth-order valence-electron chi connectivity index (χ4n) is 12.7. The molecule has 3 rings (SSSR count). The topological polar surface area (TPSA) is 652 Å². The highest BCUT2D eigenvalue weighted by atomic mass is 32.2. The Morgan fingerprint density at radius 2 is 0.966 bits per heavy atom. The number of aliphatic hydroxyl groups is 1. The lowest BCUT2D eigenvalue weighted by molar-refractivity contribution is -0.142. The summed E-state index contributed by atoms with van der Waals surface area (Å²) in [5.41, 5.74) is 23.5. The number of nitrogens with two attached hydrogens (primary N) is 4. The molecular formula is C74H119N19O22S2. The standard InChI is InChI=1S/C74H119N19O22S2/c1-38(2)30-47(67(108)86-48(31-39(3)4)68(109)90-60(40(5)6)71(112)87-49(33-55(78)96)63(104)80-34-56(97)79-36-59(101)102)85-65(106)46(21-23-54(77)95)83-64(105)44(18-12-13-26-75)84-70(111)53-20-15-28-93(53)74(115)51(37-116)89-72(113)61(41(7)94)91-66(107)45(22-24-58(99)100)82-57(98)35-81-69(110)52-19-14-27-92(52)73(114)50(32-42-16-10-9-11-17-42)88-62(103)43(76)25-29-117-8/h9-11,16-17,38-41,43-53,60-61,94,116H,12-15,18-37,75-76H2,1-8H3,(H2,77,95)(H2,78,96)(H,79,97)(H,80,104)(H,81,110)(H,82,98)(H,83,105)(H,84,111)(H,85,106)(H,86,108)(H,87,112)(H,88,103)(H,89,113)(H,90,109)(H,91,107)(H,99,100)(H,101,102)/t41-,43+,44+,45+,46+,47+,48+,49+,50+,51+,52+,53+,60+,61+/m1/s1. The van der Waals surface area contributed by atoms with Crippen LogP contribution in [0.3, 0.4) is 0 Å². The van der Waals surface area contributed by atoms with E-state index in [1.807, 2.05) is 11.6 Å². The molecule has 0 radical (unpaired) electrons. The van der Waals surface area contributed by atoms with E-state index in [1.165, 1.54) is 30.5 Å². The summed E-state index contributed by atoms with van der Waals surface area (Å²) >= 11 is 5.79. The number of nitrogens with one attached hydrogen (secondary N) is 13. The third kappa shape index (κ3) is 36.0. The zero-order valence-electron chi connectivity index (χ0n) is 67.3. The number of thiol groups is 1. The smallest absolute Gasteiger partial charge is 0.322 e. The van der Waals surface area contributed by atoms with E-state index in [1.54, 1.807) is 58.0 Å². The molecule has 0 spiro atoms. The number of aliphatic hydroxyl groups excluding tert-OH is 1. The van der Waals surface area contributed by atoms with Crippen LogP contribution in [-0.2, 0) is 97.5 Å². The van der Waals surface area contributed by atoms with Gasteiger partial charge in [0.1, 0.15) is 79.0 Å². The molecule has 117 heavy (non-hydrogen) atoms.